The smallest absolute Gasteiger partial charge is 0.268 e. The number of rotatable bonds is 8. The number of hydrogen-bond acceptors (Lipinski definition) is 7. The number of carbonyl (C=O) groups excluding carboxylic acids is 1. The lowest BCUT2D eigenvalue weighted by Crippen LogP contribution is -2.31. The molecule has 3 aromatic rings. The third-order valence-electron chi connectivity index (χ3n) is 5.79. The van der Waals surface area contributed by atoms with Crippen LogP contribution in [0.4, 0.5) is 0 Å². The van der Waals surface area contributed by atoms with Crippen LogP contribution in [0, 0.1) is 18.8 Å². The molecule has 2 saturated carbocycles. The van der Waals surface area contributed by atoms with Crippen LogP contribution in [0.3, 0.4) is 0 Å². The van der Waals surface area contributed by atoms with E-state index in [1.54, 1.807) is 32.3 Å². The van der Waals surface area contributed by atoms with E-state index in [1.807, 2.05) is 4.72 Å². The number of ether oxygens (including phenoxy) is 1. The summed E-state index contributed by atoms with van der Waals surface area (Å²) in [5.74, 6) is 1.27. The molecule has 0 radical (unpaired) electrons. The Kier molecular flexibility index (Phi) is 5.40. The number of aryl methyl sites for hydroxylation is 2. The van der Waals surface area contributed by atoms with Crippen molar-refractivity contribution in [1.29, 1.82) is 0 Å². The molecular weight excluding hydrogens is 468 g/mol. The molecule has 0 unspecified atom stereocenters. The van der Waals surface area contributed by atoms with Crippen molar-refractivity contribution >= 4 is 27.5 Å². The van der Waals surface area contributed by atoms with E-state index in [-0.39, 0.29) is 27.4 Å². The summed E-state index contributed by atoms with van der Waals surface area (Å²) in [5.41, 5.74) is 0.205. The Hall–Kier alpha value is -2.92. The van der Waals surface area contributed by atoms with E-state index in [0.29, 0.717) is 23.5 Å². The quantitative estimate of drug-likeness (QED) is 0.482. The van der Waals surface area contributed by atoms with Crippen LogP contribution in [0.15, 0.2) is 35.5 Å². The summed E-state index contributed by atoms with van der Waals surface area (Å²) in [4.78, 5) is 16.7. The van der Waals surface area contributed by atoms with E-state index in [1.165, 1.54) is 47.3 Å². The lowest BCUT2D eigenvalue weighted by atomic mass is 10.1. The van der Waals surface area contributed by atoms with Gasteiger partial charge in [0.25, 0.3) is 15.9 Å². The molecule has 1 N–H and O–H groups in total. The fraction of sp³-hybridized carbons (Fsp3) is 0.429. The molecular formula is C21H23ClN6O4S. The summed E-state index contributed by atoms with van der Waals surface area (Å²) >= 11 is 6.22. The SMILES string of the molecule is Cc1nn(C)cc1S(=O)(=O)NC(=O)c1ccc(-n2ccc(OC(C3CC3)C3CC3)n2)nc1Cl. The van der Waals surface area contributed by atoms with Crippen LogP contribution in [0.25, 0.3) is 5.82 Å². The van der Waals surface area contributed by atoms with E-state index in [2.05, 4.69) is 15.2 Å². The fourth-order valence-electron chi connectivity index (χ4n) is 3.86. The molecule has 0 spiro atoms. The molecule has 0 aromatic carbocycles. The van der Waals surface area contributed by atoms with Gasteiger partial charge in [0.2, 0.25) is 5.88 Å². The van der Waals surface area contributed by atoms with Crippen molar-refractivity contribution in [3.63, 3.8) is 0 Å². The van der Waals surface area contributed by atoms with Crippen LogP contribution >= 0.6 is 11.6 Å². The summed E-state index contributed by atoms with van der Waals surface area (Å²) in [7, 11) is -2.52. The van der Waals surface area contributed by atoms with E-state index < -0.39 is 15.9 Å². The number of hydrogen-bond donors (Lipinski definition) is 1. The van der Waals surface area contributed by atoms with Gasteiger partial charge in [0.15, 0.2) is 5.82 Å². The van der Waals surface area contributed by atoms with Crippen LogP contribution in [-0.4, -0.2) is 45.0 Å². The maximum absolute atomic E-state index is 12.6. The first-order chi connectivity index (χ1) is 15.7. The van der Waals surface area contributed by atoms with Crippen LogP contribution in [0.1, 0.15) is 41.7 Å². The monoisotopic (exact) mass is 490 g/mol. The topological polar surface area (TPSA) is 121 Å². The third-order valence-corrected chi connectivity index (χ3v) is 7.52. The van der Waals surface area contributed by atoms with E-state index in [0.717, 1.165) is 0 Å². The van der Waals surface area contributed by atoms with E-state index in [4.69, 9.17) is 16.3 Å². The molecule has 0 bridgehead atoms. The van der Waals surface area contributed by atoms with Gasteiger partial charge in [-0.05, 0) is 56.6 Å². The maximum atomic E-state index is 12.6. The Morgan fingerprint density at radius 3 is 2.45 bits per heavy atom. The third kappa shape index (κ3) is 4.60. The van der Waals surface area contributed by atoms with Crippen molar-refractivity contribution in [3.8, 4) is 11.7 Å². The highest BCUT2D eigenvalue weighted by Gasteiger charge is 2.43. The molecule has 1 amide bonds. The lowest BCUT2D eigenvalue weighted by molar-refractivity contribution is 0.0981. The first kappa shape index (κ1) is 21.9. The van der Waals surface area contributed by atoms with Gasteiger partial charge in [-0.1, -0.05) is 11.6 Å². The zero-order valence-electron chi connectivity index (χ0n) is 18.1. The zero-order valence-corrected chi connectivity index (χ0v) is 19.7. The number of nitrogens with zero attached hydrogens (tertiary/aromatic N) is 5. The van der Waals surface area contributed by atoms with Crippen LogP contribution in [0.5, 0.6) is 5.88 Å². The van der Waals surface area contributed by atoms with E-state index >= 15 is 0 Å². The predicted molar refractivity (Wildman–Crippen MR) is 119 cm³/mol. The number of carbonyl (C=O) groups is 1. The predicted octanol–water partition coefficient (Wildman–Crippen LogP) is 2.65. The molecule has 3 heterocycles. The van der Waals surface area contributed by atoms with Gasteiger partial charge in [-0.2, -0.15) is 5.10 Å². The minimum atomic E-state index is -4.11. The molecule has 12 heteroatoms. The first-order valence-corrected chi connectivity index (χ1v) is 12.5. The second kappa shape index (κ2) is 8.14. The molecule has 3 aromatic heterocycles. The van der Waals surface area contributed by atoms with Crippen molar-refractivity contribution in [2.24, 2.45) is 18.9 Å². The normalized spacial score (nSPS) is 16.2. The van der Waals surface area contributed by atoms with Crippen molar-refractivity contribution < 1.29 is 17.9 Å². The Labute approximate surface area is 196 Å². The standard InChI is InChI=1S/C21H23ClN6O4S/c1-12-16(11-27(2)24-12)33(30,31)26-21(29)15-7-8-17(23-20(15)22)28-10-9-18(25-28)32-19(13-3-4-13)14-5-6-14/h7-11,13-14,19H,3-6H2,1-2H3,(H,26,29). The Morgan fingerprint density at radius 2 is 1.88 bits per heavy atom. The number of halogens is 1. The van der Waals surface area contributed by atoms with Crippen molar-refractivity contribution in [3.05, 3.63) is 47.0 Å². The second-order valence-electron chi connectivity index (χ2n) is 8.55. The average Bonchev–Trinajstić information content (AvgIpc) is 3.68. The van der Waals surface area contributed by atoms with Gasteiger partial charge in [0.05, 0.1) is 11.3 Å². The average molecular weight is 491 g/mol. The lowest BCUT2D eigenvalue weighted by Gasteiger charge is -2.15. The van der Waals surface area contributed by atoms with Crippen LogP contribution in [-0.2, 0) is 17.1 Å². The van der Waals surface area contributed by atoms with Gasteiger partial charge in [0, 0.05) is 25.5 Å². The van der Waals surface area contributed by atoms with Crippen molar-refractivity contribution in [1.82, 2.24) is 29.3 Å². The van der Waals surface area contributed by atoms with Gasteiger partial charge in [0.1, 0.15) is 16.2 Å². The van der Waals surface area contributed by atoms with Gasteiger partial charge < -0.3 is 4.74 Å². The van der Waals surface area contributed by atoms with Gasteiger partial charge in [-0.25, -0.2) is 22.8 Å². The minimum absolute atomic E-state index is 0.0725. The molecule has 10 nitrogen and oxygen atoms in total. The molecule has 2 aliphatic carbocycles. The summed E-state index contributed by atoms with van der Waals surface area (Å²) in [5, 5.41) is 8.29. The largest absolute Gasteiger partial charge is 0.473 e. The number of aromatic nitrogens is 5. The molecule has 5 rings (SSSR count). The number of nitrogens with one attached hydrogen (secondary N) is 1. The molecule has 2 aliphatic rings. The van der Waals surface area contributed by atoms with Crippen LogP contribution < -0.4 is 9.46 Å². The second-order valence-corrected chi connectivity index (χ2v) is 10.6. The Bertz CT molecular complexity index is 1310. The first-order valence-electron chi connectivity index (χ1n) is 10.7. The Balaban J connectivity index is 1.31. The Morgan fingerprint density at radius 1 is 1.18 bits per heavy atom. The van der Waals surface area contributed by atoms with Crippen molar-refractivity contribution in [2.75, 3.05) is 0 Å². The highest BCUT2D eigenvalue weighted by molar-refractivity contribution is 7.90. The number of pyridine rings is 1. The highest BCUT2D eigenvalue weighted by Crippen LogP contribution is 2.46. The fourth-order valence-corrected chi connectivity index (χ4v) is 5.28. The minimum Gasteiger partial charge on any atom is -0.473 e. The summed E-state index contributed by atoms with van der Waals surface area (Å²) in [6.07, 6.45) is 8.08. The molecule has 0 atom stereocenters. The zero-order chi connectivity index (χ0) is 23.3. The number of sulfonamides is 1. The molecule has 0 aliphatic heterocycles. The molecule has 33 heavy (non-hydrogen) atoms. The van der Waals surface area contributed by atoms with E-state index in [9.17, 15) is 13.2 Å². The van der Waals surface area contributed by atoms with Gasteiger partial charge >= 0.3 is 0 Å². The summed E-state index contributed by atoms with van der Waals surface area (Å²) in [6.45, 7) is 1.54. The number of amides is 1. The summed E-state index contributed by atoms with van der Waals surface area (Å²) < 4.78 is 36.2. The van der Waals surface area contributed by atoms with Crippen molar-refractivity contribution in [2.45, 2.75) is 43.6 Å². The molecule has 174 valence electrons. The van der Waals surface area contributed by atoms with Gasteiger partial charge in [-0.15, -0.1) is 5.10 Å². The molecule has 0 saturated heterocycles. The summed E-state index contributed by atoms with van der Waals surface area (Å²) in [6, 6.07) is 4.72. The van der Waals surface area contributed by atoms with Crippen LogP contribution in [0.2, 0.25) is 5.15 Å². The van der Waals surface area contributed by atoms with Gasteiger partial charge in [-0.3, -0.25) is 9.48 Å². The molecule has 2 fully saturated rings. The highest BCUT2D eigenvalue weighted by atomic mass is 35.5. The maximum Gasteiger partial charge on any atom is 0.268 e.